The number of imidazole rings is 1. The highest BCUT2D eigenvalue weighted by atomic mass is 16.2. The number of H-pyrrole nitrogens is 1. The van der Waals surface area contributed by atoms with Crippen molar-refractivity contribution in [1.29, 1.82) is 0 Å². The van der Waals surface area contributed by atoms with Gasteiger partial charge in [0.05, 0.1) is 11.0 Å². The Balaban J connectivity index is 1.70. The number of hydrogen-bond acceptors (Lipinski definition) is 5. The normalized spacial score (nSPS) is 18.6. The van der Waals surface area contributed by atoms with Crippen molar-refractivity contribution < 1.29 is 4.79 Å². The van der Waals surface area contributed by atoms with Gasteiger partial charge in [0.15, 0.2) is 5.69 Å². The van der Waals surface area contributed by atoms with E-state index in [1.54, 1.807) is 29.5 Å². The van der Waals surface area contributed by atoms with Crippen molar-refractivity contribution >= 4 is 16.9 Å². The topological polar surface area (TPSA) is 91.7 Å². The highest BCUT2D eigenvalue weighted by Gasteiger charge is 2.24. The van der Waals surface area contributed by atoms with Gasteiger partial charge >= 0.3 is 0 Å². The van der Waals surface area contributed by atoms with Crippen LogP contribution in [0.4, 0.5) is 0 Å². The van der Waals surface area contributed by atoms with Crippen LogP contribution in [-0.4, -0.2) is 61.5 Å². The van der Waals surface area contributed by atoms with E-state index < -0.39 is 0 Å². The molecule has 3 aromatic rings. The van der Waals surface area contributed by atoms with Crippen LogP contribution in [0.1, 0.15) is 16.9 Å². The lowest BCUT2D eigenvalue weighted by Gasteiger charge is -2.13. The van der Waals surface area contributed by atoms with Crippen molar-refractivity contribution in [1.82, 2.24) is 34.7 Å². The summed E-state index contributed by atoms with van der Waals surface area (Å²) < 4.78 is 1.69. The van der Waals surface area contributed by atoms with Crippen LogP contribution in [-0.2, 0) is 0 Å². The third-order valence-corrected chi connectivity index (χ3v) is 4.07. The first-order valence-corrected chi connectivity index (χ1v) is 7.53. The maximum Gasteiger partial charge on any atom is 0.272 e. The monoisotopic (exact) mass is 311 g/mol. The number of aromatic nitrogens is 5. The quantitative estimate of drug-likeness (QED) is 0.738. The molecule has 1 unspecified atom stereocenters. The van der Waals surface area contributed by atoms with Crippen LogP contribution in [0.5, 0.6) is 0 Å². The molecule has 0 saturated carbocycles. The first kappa shape index (κ1) is 13.9. The minimum atomic E-state index is -0.179. The Kier molecular flexibility index (Phi) is 3.30. The predicted octanol–water partition coefficient (Wildman–Crippen LogP) is 0.577. The van der Waals surface area contributed by atoms with Gasteiger partial charge < -0.3 is 15.2 Å². The summed E-state index contributed by atoms with van der Waals surface area (Å²) in [6, 6.07) is 1.99. The summed E-state index contributed by atoms with van der Waals surface area (Å²) in [7, 11) is 2.05. The fraction of sp³-hybridized carbons (Fsp3) is 0.333. The van der Waals surface area contributed by atoms with Gasteiger partial charge in [0.1, 0.15) is 6.33 Å². The molecule has 0 bridgehead atoms. The van der Waals surface area contributed by atoms with Gasteiger partial charge in [-0.25, -0.2) is 15.0 Å². The van der Waals surface area contributed by atoms with Gasteiger partial charge in [-0.05, 0) is 26.1 Å². The van der Waals surface area contributed by atoms with Gasteiger partial charge in [0, 0.05) is 31.2 Å². The van der Waals surface area contributed by atoms with Crippen LogP contribution in [0.25, 0.3) is 17.0 Å². The second kappa shape index (κ2) is 5.47. The summed E-state index contributed by atoms with van der Waals surface area (Å²) >= 11 is 0. The van der Waals surface area contributed by atoms with Crippen molar-refractivity contribution in [2.24, 2.45) is 0 Å². The van der Waals surface area contributed by atoms with Crippen molar-refractivity contribution in [2.75, 3.05) is 20.1 Å². The van der Waals surface area contributed by atoms with Crippen LogP contribution in [0.2, 0.25) is 0 Å². The first-order chi connectivity index (χ1) is 11.2. The van der Waals surface area contributed by atoms with Gasteiger partial charge in [-0.3, -0.25) is 9.36 Å². The number of nitrogens with zero attached hydrogens (tertiary/aromatic N) is 5. The van der Waals surface area contributed by atoms with Gasteiger partial charge in [-0.1, -0.05) is 0 Å². The number of aromatic amines is 1. The number of carbonyl (C=O) groups is 1. The van der Waals surface area contributed by atoms with Crippen LogP contribution < -0.4 is 5.32 Å². The second-order valence-corrected chi connectivity index (χ2v) is 5.80. The van der Waals surface area contributed by atoms with Crippen LogP contribution >= 0.6 is 0 Å². The number of amides is 1. The van der Waals surface area contributed by atoms with Crippen LogP contribution in [0.3, 0.4) is 0 Å². The zero-order valence-corrected chi connectivity index (χ0v) is 12.7. The van der Waals surface area contributed by atoms with Gasteiger partial charge in [-0.2, -0.15) is 0 Å². The molecule has 23 heavy (non-hydrogen) atoms. The van der Waals surface area contributed by atoms with E-state index in [9.17, 15) is 4.79 Å². The molecule has 0 aliphatic carbocycles. The Hall–Kier alpha value is -2.74. The summed E-state index contributed by atoms with van der Waals surface area (Å²) in [5.41, 5.74) is 1.72. The largest absolute Gasteiger partial charge is 0.358 e. The van der Waals surface area contributed by atoms with Crippen LogP contribution in [0, 0.1) is 0 Å². The molecule has 0 spiro atoms. The third-order valence-electron chi connectivity index (χ3n) is 4.07. The predicted molar refractivity (Wildman–Crippen MR) is 84.4 cm³/mol. The van der Waals surface area contributed by atoms with E-state index in [1.807, 2.05) is 6.07 Å². The molecule has 1 atom stereocenters. The number of rotatable bonds is 3. The maximum absolute atomic E-state index is 12.7. The molecule has 1 saturated heterocycles. The van der Waals surface area contributed by atoms with Crippen molar-refractivity contribution in [3.63, 3.8) is 0 Å². The van der Waals surface area contributed by atoms with E-state index >= 15 is 0 Å². The molecule has 1 aliphatic heterocycles. The zero-order chi connectivity index (χ0) is 15.8. The lowest BCUT2D eigenvalue weighted by atomic mass is 10.2. The van der Waals surface area contributed by atoms with E-state index in [4.69, 9.17) is 0 Å². The highest BCUT2D eigenvalue weighted by Crippen LogP contribution is 2.16. The molecular weight excluding hydrogens is 294 g/mol. The Morgan fingerprint density at radius 1 is 1.43 bits per heavy atom. The number of fused-ring (bicyclic) bond motifs is 1. The SMILES string of the molecule is CN1CCC(NC(=O)c2nc(-n3ccnc3)nc3cc[nH]c23)C1. The lowest BCUT2D eigenvalue weighted by molar-refractivity contribution is 0.0935. The number of nitrogens with one attached hydrogen (secondary N) is 2. The summed E-state index contributed by atoms with van der Waals surface area (Å²) in [6.07, 6.45) is 7.73. The Bertz CT molecular complexity index is 839. The van der Waals surface area contributed by atoms with E-state index in [0.717, 1.165) is 19.5 Å². The molecule has 4 rings (SSSR count). The average molecular weight is 311 g/mol. The van der Waals surface area contributed by atoms with Gasteiger partial charge in [0.2, 0.25) is 5.95 Å². The fourth-order valence-electron chi connectivity index (χ4n) is 2.90. The molecule has 0 aromatic carbocycles. The molecule has 1 aliphatic rings. The summed E-state index contributed by atoms with van der Waals surface area (Å²) in [5, 5.41) is 3.06. The first-order valence-electron chi connectivity index (χ1n) is 7.53. The molecule has 8 heteroatoms. The van der Waals surface area contributed by atoms with Gasteiger partial charge in [-0.15, -0.1) is 0 Å². The summed E-state index contributed by atoms with van der Waals surface area (Å²) in [5.74, 6) is 0.254. The minimum absolute atomic E-state index is 0.157. The van der Waals surface area contributed by atoms with Crippen LogP contribution in [0.15, 0.2) is 31.0 Å². The number of hydrogen-bond donors (Lipinski definition) is 2. The number of likely N-dealkylation sites (tertiary alicyclic amines) is 1. The maximum atomic E-state index is 12.7. The highest BCUT2D eigenvalue weighted by molar-refractivity contribution is 6.03. The smallest absolute Gasteiger partial charge is 0.272 e. The molecule has 0 radical (unpaired) electrons. The molecule has 8 nitrogen and oxygen atoms in total. The number of likely N-dealkylation sites (N-methyl/N-ethyl adjacent to an activating group) is 1. The molecule has 1 amide bonds. The molecule has 4 heterocycles. The lowest BCUT2D eigenvalue weighted by Crippen LogP contribution is -2.37. The number of carbonyl (C=O) groups excluding carboxylic acids is 1. The van der Waals surface area contributed by atoms with E-state index in [-0.39, 0.29) is 11.9 Å². The second-order valence-electron chi connectivity index (χ2n) is 5.80. The van der Waals surface area contributed by atoms with Crippen molar-refractivity contribution in [2.45, 2.75) is 12.5 Å². The molecule has 118 valence electrons. The van der Waals surface area contributed by atoms with E-state index in [1.165, 1.54) is 0 Å². The van der Waals surface area contributed by atoms with Crippen molar-refractivity contribution in [3.05, 3.63) is 36.7 Å². The molecular formula is C15H17N7O. The summed E-state index contributed by atoms with van der Waals surface area (Å²) in [4.78, 5) is 30.8. The summed E-state index contributed by atoms with van der Waals surface area (Å²) in [6.45, 7) is 1.85. The Morgan fingerprint density at radius 2 is 2.35 bits per heavy atom. The fourth-order valence-corrected chi connectivity index (χ4v) is 2.90. The molecule has 3 aromatic heterocycles. The molecule has 2 N–H and O–H groups in total. The average Bonchev–Trinajstić information content (AvgIpc) is 3.27. The van der Waals surface area contributed by atoms with Gasteiger partial charge in [0.25, 0.3) is 5.91 Å². The minimum Gasteiger partial charge on any atom is -0.358 e. The van der Waals surface area contributed by atoms with E-state index in [2.05, 4.69) is 37.2 Å². The Labute approximate surface area is 132 Å². The standard InChI is InChI=1S/C15H17N7O/c1-21-6-3-10(8-21)18-14(23)13-12-11(2-4-17-12)19-15(20-13)22-7-5-16-9-22/h2,4-5,7,9-10,17H,3,6,8H2,1H3,(H,18,23). The third kappa shape index (κ3) is 2.57. The molecule has 1 fully saturated rings. The zero-order valence-electron chi connectivity index (χ0n) is 12.7. The Morgan fingerprint density at radius 3 is 3.09 bits per heavy atom. The van der Waals surface area contributed by atoms with Crippen molar-refractivity contribution in [3.8, 4) is 5.95 Å². The van der Waals surface area contributed by atoms with E-state index in [0.29, 0.717) is 22.7 Å².